The van der Waals surface area contributed by atoms with Crippen LogP contribution < -0.4 is 5.32 Å². The van der Waals surface area contributed by atoms with Crippen LogP contribution in [0.4, 0.5) is 0 Å². The molecule has 2 atom stereocenters. The minimum atomic E-state index is -0.567. The van der Waals surface area contributed by atoms with Crippen molar-refractivity contribution < 1.29 is 5.11 Å². The first-order valence-corrected chi connectivity index (χ1v) is 4.95. The zero-order valence-electron chi connectivity index (χ0n) is 8.43. The summed E-state index contributed by atoms with van der Waals surface area (Å²) in [5.74, 6) is 0.785. The summed E-state index contributed by atoms with van der Waals surface area (Å²) in [5.41, 5.74) is -0.567. The van der Waals surface area contributed by atoms with Crippen molar-refractivity contribution in [1.29, 1.82) is 0 Å². The number of aliphatic hydroxyl groups is 1. The molecule has 1 aliphatic carbocycles. The Hall–Kier alpha value is -0.0800. The average molecular weight is 171 g/mol. The van der Waals surface area contributed by atoms with Crippen LogP contribution in [0.3, 0.4) is 0 Å². The zero-order chi connectivity index (χ0) is 9.19. The van der Waals surface area contributed by atoms with Gasteiger partial charge in [0, 0.05) is 12.6 Å². The Kier molecular flexibility index (Phi) is 3.13. The van der Waals surface area contributed by atoms with E-state index in [1.54, 1.807) is 0 Å². The summed E-state index contributed by atoms with van der Waals surface area (Å²) in [6.07, 6.45) is 3.95. The summed E-state index contributed by atoms with van der Waals surface area (Å²) in [6, 6.07) is 0.636. The van der Waals surface area contributed by atoms with Gasteiger partial charge < -0.3 is 10.4 Å². The van der Waals surface area contributed by atoms with Gasteiger partial charge in [-0.3, -0.25) is 0 Å². The third-order valence-electron chi connectivity index (χ3n) is 2.66. The lowest BCUT2D eigenvalue weighted by Crippen LogP contribution is -2.41. The molecule has 0 aromatic rings. The second-order valence-corrected chi connectivity index (χ2v) is 4.71. The van der Waals surface area contributed by atoms with Gasteiger partial charge in [-0.25, -0.2) is 0 Å². The molecule has 0 spiro atoms. The minimum Gasteiger partial charge on any atom is -0.389 e. The monoisotopic (exact) mass is 171 g/mol. The Morgan fingerprint density at radius 3 is 2.50 bits per heavy atom. The molecule has 0 saturated heterocycles. The molecule has 1 aliphatic rings. The molecule has 72 valence electrons. The second-order valence-electron chi connectivity index (χ2n) is 4.71. The summed E-state index contributed by atoms with van der Waals surface area (Å²) < 4.78 is 0. The Morgan fingerprint density at radius 1 is 1.42 bits per heavy atom. The van der Waals surface area contributed by atoms with E-state index in [9.17, 15) is 5.11 Å². The third kappa shape index (κ3) is 3.11. The fourth-order valence-electron chi connectivity index (χ4n) is 1.83. The molecule has 0 aromatic carbocycles. The largest absolute Gasteiger partial charge is 0.389 e. The Balaban J connectivity index is 2.23. The van der Waals surface area contributed by atoms with Crippen LogP contribution in [0.2, 0.25) is 0 Å². The minimum absolute atomic E-state index is 0.567. The molecule has 0 bridgehead atoms. The van der Waals surface area contributed by atoms with Crippen LogP contribution in [0.1, 0.15) is 40.0 Å². The molecule has 0 unspecified atom stereocenters. The van der Waals surface area contributed by atoms with Gasteiger partial charge >= 0.3 is 0 Å². The molecular formula is C10H21NO. The summed E-state index contributed by atoms with van der Waals surface area (Å²) in [6.45, 7) is 6.69. The summed E-state index contributed by atoms with van der Waals surface area (Å²) in [7, 11) is 0. The molecule has 2 heteroatoms. The fraction of sp³-hybridized carbons (Fsp3) is 1.00. The maximum Gasteiger partial charge on any atom is 0.0715 e. The van der Waals surface area contributed by atoms with Crippen LogP contribution >= 0.6 is 0 Å². The molecule has 1 fully saturated rings. The van der Waals surface area contributed by atoms with E-state index in [0.29, 0.717) is 12.6 Å². The lowest BCUT2D eigenvalue weighted by molar-refractivity contribution is 0.0750. The van der Waals surface area contributed by atoms with Crippen molar-refractivity contribution in [2.45, 2.75) is 51.7 Å². The van der Waals surface area contributed by atoms with Crippen LogP contribution in [0.5, 0.6) is 0 Å². The molecule has 1 rings (SSSR count). The average Bonchev–Trinajstić information content (AvgIpc) is 2.29. The fourth-order valence-corrected chi connectivity index (χ4v) is 1.83. The van der Waals surface area contributed by atoms with Crippen LogP contribution in [-0.4, -0.2) is 23.3 Å². The number of nitrogens with one attached hydrogen (secondary N) is 1. The first-order chi connectivity index (χ1) is 5.49. The van der Waals surface area contributed by atoms with Gasteiger partial charge in [0.25, 0.3) is 0 Å². The molecule has 0 radical (unpaired) electrons. The highest BCUT2D eigenvalue weighted by atomic mass is 16.3. The van der Waals surface area contributed by atoms with Gasteiger partial charge in [-0.2, -0.15) is 0 Å². The van der Waals surface area contributed by atoms with Crippen molar-refractivity contribution in [2.24, 2.45) is 5.92 Å². The van der Waals surface area contributed by atoms with E-state index in [-0.39, 0.29) is 0 Å². The molecule has 12 heavy (non-hydrogen) atoms. The van der Waals surface area contributed by atoms with Gasteiger partial charge in [0.1, 0.15) is 0 Å². The SMILES string of the molecule is C[C@H]1CCC[C@@H]1NCC(C)(C)O. The summed E-state index contributed by atoms with van der Waals surface area (Å²) in [5, 5.41) is 12.9. The van der Waals surface area contributed by atoms with Crippen molar-refractivity contribution in [3.63, 3.8) is 0 Å². The summed E-state index contributed by atoms with van der Waals surface area (Å²) in [4.78, 5) is 0. The van der Waals surface area contributed by atoms with Gasteiger partial charge in [0.05, 0.1) is 5.60 Å². The molecule has 0 heterocycles. The van der Waals surface area contributed by atoms with E-state index in [0.717, 1.165) is 5.92 Å². The first-order valence-electron chi connectivity index (χ1n) is 4.95. The van der Waals surface area contributed by atoms with Crippen molar-refractivity contribution in [1.82, 2.24) is 5.32 Å². The molecular weight excluding hydrogens is 150 g/mol. The van der Waals surface area contributed by atoms with E-state index in [1.165, 1.54) is 19.3 Å². The van der Waals surface area contributed by atoms with E-state index in [2.05, 4.69) is 12.2 Å². The van der Waals surface area contributed by atoms with Crippen molar-refractivity contribution >= 4 is 0 Å². The van der Waals surface area contributed by atoms with E-state index >= 15 is 0 Å². The lowest BCUT2D eigenvalue weighted by atomic mass is 10.0. The Bertz CT molecular complexity index is 139. The lowest BCUT2D eigenvalue weighted by Gasteiger charge is -2.23. The standard InChI is InChI=1S/C10H21NO/c1-8-5-4-6-9(8)11-7-10(2,3)12/h8-9,11-12H,4-7H2,1-3H3/t8-,9-/m0/s1. The van der Waals surface area contributed by atoms with Gasteiger partial charge in [0.2, 0.25) is 0 Å². The predicted molar refractivity (Wildman–Crippen MR) is 51.1 cm³/mol. The van der Waals surface area contributed by atoms with Gasteiger partial charge in [-0.1, -0.05) is 13.3 Å². The van der Waals surface area contributed by atoms with Gasteiger partial charge in [-0.15, -0.1) is 0 Å². The quantitative estimate of drug-likeness (QED) is 0.675. The van der Waals surface area contributed by atoms with E-state index in [1.807, 2.05) is 13.8 Å². The molecule has 2 nitrogen and oxygen atoms in total. The van der Waals surface area contributed by atoms with Crippen molar-refractivity contribution in [2.75, 3.05) is 6.54 Å². The van der Waals surface area contributed by atoms with Crippen LogP contribution in [0.15, 0.2) is 0 Å². The molecule has 0 aromatic heterocycles. The zero-order valence-corrected chi connectivity index (χ0v) is 8.43. The molecule has 2 N–H and O–H groups in total. The summed E-state index contributed by atoms with van der Waals surface area (Å²) >= 11 is 0. The highest BCUT2D eigenvalue weighted by molar-refractivity contribution is 4.82. The Labute approximate surface area is 75.4 Å². The Morgan fingerprint density at radius 2 is 2.08 bits per heavy atom. The van der Waals surface area contributed by atoms with Crippen LogP contribution in [-0.2, 0) is 0 Å². The number of hydrogen-bond acceptors (Lipinski definition) is 2. The number of hydrogen-bond donors (Lipinski definition) is 2. The van der Waals surface area contributed by atoms with Crippen LogP contribution in [0.25, 0.3) is 0 Å². The predicted octanol–water partition coefficient (Wildman–Crippen LogP) is 1.54. The van der Waals surface area contributed by atoms with Gasteiger partial charge in [0.15, 0.2) is 0 Å². The second kappa shape index (κ2) is 3.75. The maximum absolute atomic E-state index is 9.50. The first kappa shape index (κ1) is 10.0. The highest BCUT2D eigenvalue weighted by Gasteiger charge is 2.24. The normalized spacial score (nSPS) is 31.0. The van der Waals surface area contributed by atoms with Crippen LogP contribution in [0, 0.1) is 5.92 Å². The molecule has 0 aliphatic heterocycles. The molecule has 0 amide bonds. The third-order valence-corrected chi connectivity index (χ3v) is 2.66. The van der Waals surface area contributed by atoms with Gasteiger partial charge in [-0.05, 0) is 32.6 Å². The topological polar surface area (TPSA) is 32.3 Å². The smallest absolute Gasteiger partial charge is 0.0715 e. The maximum atomic E-state index is 9.50. The van der Waals surface area contributed by atoms with Crippen molar-refractivity contribution in [3.8, 4) is 0 Å². The highest BCUT2D eigenvalue weighted by Crippen LogP contribution is 2.24. The number of rotatable bonds is 3. The van der Waals surface area contributed by atoms with E-state index < -0.39 is 5.60 Å². The van der Waals surface area contributed by atoms with E-state index in [4.69, 9.17) is 0 Å². The molecule has 1 saturated carbocycles. The van der Waals surface area contributed by atoms with Crippen molar-refractivity contribution in [3.05, 3.63) is 0 Å².